The minimum absolute atomic E-state index is 0.454. The highest BCUT2D eigenvalue weighted by Crippen LogP contribution is 2.25. The van der Waals surface area contributed by atoms with Crippen molar-refractivity contribution in [3.05, 3.63) is 63.1 Å². The third-order valence-electron chi connectivity index (χ3n) is 2.95. The van der Waals surface area contributed by atoms with Gasteiger partial charge in [-0.15, -0.1) is 0 Å². The van der Waals surface area contributed by atoms with Crippen molar-refractivity contribution >= 4 is 39.1 Å². The van der Waals surface area contributed by atoms with Crippen LogP contribution >= 0.6 is 27.5 Å². The zero-order valence-electron chi connectivity index (χ0n) is 10.9. The molecule has 0 aromatic heterocycles. The number of halogens is 2. The highest BCUT2D eigenvalue weighted by atomic mass is 79.9. The summed E-state index contributed by atoms with van der Waals surface area (Å²) in [6.07, 6.45) is 0. The van der Waals surface area contributed by atoms with Crippen molar-refractivity contribution in [1.82, 2.24) is 0 Å². The van der Waals surface area contributed by atoms with Crippen LogP contribution in [-0.4, -0.2) is 5.91 Å². The summed E-state index contributed by atoms with van der Waals surface area (Å²) in [6, 6.07) is 12.4. The van der Waals surface area contributed by atoms with Crippen molar-refractivity contribution in [1.29, 1.82) is 0 Å². The number of rotatable bonds is 4. The molecule has 104 valence electrons. The smallest absolute Gasteiger partial charge is 0.244 e. The Hall–Kier alpha value is -1.52. The molecule has 3 N–H and O–H groups in total. The molecule has 0 heterocycles. The van der Waals surface area contributed by atoms with E-state index in [0.717, 1.165) is 21.3 Å². The molecule has 1 atom stereocenters. The Morgan fingerprint density at radius 1 is 1.30 bits per heavy atom. The molecule has 0 radical (unpaired) electrons. The van der Waals surface area contributed by atoms with E-state index in [1.165, 1.54) is 0 Å². The normalized spacial score (nSPS) is 11.9. The first-order valence-corrected chi connectivity index (χ1v) is 7.22. The third-order valence-corrected chi connectivity index (χ3v) is 3.85. The van der Waals surface area contributed by atoms with Gasteiger partial charge >= 0.3 is 0 Å². The Kier molecular flexibility index (Phi) is 4.68. The average molecular weight is 354 g/mol. The first kappa shape index (κ1) is 14.9. The molecule has 0 aliphatic heterocycles. The summed E-state index contributed by atoms with van der Waals surface area (Å²) in [5.41, 5.74) is 7.99. The summed E-state index contributed by atoms with van der Waals surface area (Å²) in [5, 5.41) is 3.73. The van der Waals surface area contributed by atoms with Crippen molar-refractivity contribution in [2.75, 3.05) is 5.32 Å². The topological polar surface area (TPSA) is 55.1 Å². The molecule has 0 spiro atoms. The Labute approximate surface area is 131 Å². The quantitative estimate of drug-likeness (QED) is 0.871. The van der Waals surface area contributed by atoms with Gasteiger partial charge in [0.2, 0.25) is 5.91 Å². The van der Waals surface area contributed by atoms with E-state index in [1.54, 1.807) is 6.07 Å². The van der Waals surface area contributed by atoms with Crippen molar-refractivity contribution in [2.45, 2.75) is 13.0 Å². The minimum atomic E-state index is -0.623. The molecule has 2 rings (SSSR count). The minimum Gasteiger partial charge on any atom is -0.370 e. The van der Waals surface area contributed by atoms with E-state index < -0.39 is 11.9 Å². The van der Waals surface area contributed by atoms with Crippen molar-refractivity contribution in [3.8, 4) is 0 Å². The van der Waals surface area contributed by atoms with Crippen LogP contribution in [-0.2, 0) is 4.79 Å². The first-order chi connectivity index (χ1) is 9.47. The zero-order valence-corrected chi connectivity index (χ0v) is 13.2. The second-order valence-electron chi connectivity index (χ2n) is 4.50. The van der Waals surface area contributed by atoms with Crippen LogP contribution in [0.25, 0.3) is 0 Å². The van der Waals surface area contributed by atoms with Crippen LogP contribution < -0.4 is 11.1 Å². The van der Waals surface area contributed by atoms with E-state index >= 15 is 0 Å². The van der Waals surface area contributed by atoms with Gasteiger partial charge in [0.05, 0.1) is 0 Å². The van der Waals surface area contributed by atoms with Crippen molar-refractivity contribution < 1.29 is 4.79 Å². The van der Waals surface area contributed by atoms with Crippen LogP contribution in [0.1, 0.15) is 17.2 Å². The highest BCUT2D eigenvalue weighted by Gasteiger charge is 2.18. The maximum absolute atomic E-state index is 11.7. The molecule has 1 unspecified atom stereocenters. The molecule has 1 amide bonds. The number of hydrogen-bond donors (Lipinski definition) is 2. The molecule has 5 heteroatoms. The van der Waals surface area contributed by atoms with E-state index in [0.29, 0.717) is 5.02 Å². The molecule has 2 aromatic carbocycles. The number of amides is 1. The lowest BCUT2D eigenvalue weighted by Crippen LogP contribution is -2.27. The monoisotopic (exact) mass is 352 g/mol. The predicted octanol–water partition coefficient (Wildman–Crippen LogP) is 4.05. The number of benzene rings is 2. The maximum atomic E-state index is 11.7. The molecular formula is C15H14BrClN2O. The number of carbonyl (C=O) groups excluding carboxylic acids is 1. The molecule has 3 nitrogen and oxygen atoms in total. The van der Waals surface area contributed by atoms with Crippen molar-refractivity contribution in [2.24, 2.45) is 5.73 Å². The molecule has 2 aromatic rings. The standard InChI is InChI=1S/C15H14BrClN2O/c1-9-5-6-10(7-13(9)17)14(15(18)20)19-12-4-2-3-11(16)8-12/h2-8,14,19H,1H3,(H2,18,20). The van der Waals surface area contributed by atoms with Gasteiger partial charge in [0.25, 0.3) is 0 Å². The molecule has 0 aliphatic rings. The fourth-order valence-electron chi connectivity index (χ4n) is 1.85. The molecule has 0 fully saturated rings. The average Bonchev–Trinajstić information content (AvgIpc) is 2.39. The van der Waals surface area contributed by atoms with Gasteiger partial charge < -0.3 is 11.1 Å². The number of aryl methyl sites for hydroxylation is 1. The number of primary amides is 1. The largest absolute Gasteiger partial charge is 0.370 e. The van der Waals surface area contributed by atoms with Crippen LogP contribution in [0.2, 0.25) is 5.02 Å². The van der Waals surface area contributed by atoms with Gasteiger partial charge in [-0.2, -0.15) is 0 Å². The molecular weight excluding hydrogens is 340 g/mol. The van der Waals surface area contributed by atoms with Gasteiger partial charge in [0, 0.05) is 15.2 Å². The summed E-state index contributed by atoms with van der Waals surface area (Å²) >= 11 is 9.49. The maximum Gasteiger partial charge on any atom is 0.244 e. The first-order valence-electron chi connectivity index (χ1n) is 6.05. The van der Waals surface area contributed by atoms with E-state index in [4.69, 9.17) is 17.3 Å². The third kappa shape index (κ3) is 3.52. The fourth-order valence-corrected chi connectivity index (χ4v) is 2.44. The number of nitrogens with two attached hydrogens (primary N) is 1. The van der Waals surface area contributed by atoms with E-state index in [2.05, 4.69) is 21.2 Å². The number of hydrogen-bond acceptors (Lipinski definition) is 2. The summed E-state index contributed by atoms with van der Waals surface area (Å²) in [4.78, 5) is 11.7. The second-order valence-corrected chi connectivity index (χ2v) is 5.82. The summed E-state index contributed by atoms with van der Waals surface area (Å²) in [7, 11) is 0. The van der Waals surface area contributed by atoms with Crippen LogP contribution in [0.4, 0.5) is 5.69 Å². The SMILES string of the molecule is Cc1ccc(C(Nc2cccc(Br)c2)C(N)=O)cc1Cl. The van der Waals surface area contributed by atoms with E-state index in [-0.39, 0.29) is 0 Å². The van der Waals surface area contributed by atoms with Gasteiger partial charge in [-0.05, 0) is 42.3 Å². The molecule has 0 aliphatic carbocycles. The Balaban J connectivity index is 2.32. The number of anilines is 1. The Morgan fingerprint density at radius 3 is 2.65 bits per heavy atom. The Bertz CT molecular complexity index is 646. The zero-order chi connectivity index (χ0) is 14.7. The molecule has 0 saturated carbocycles. The van der Waals surface area contributed by atoms with E-state index in [9.17, 15) is 4.79 Å². The van der Waals surface area contributed by atoms with Crippen LogP contribution in [0.15, 0.2) is 46.9 Å². The van der Waals surface area contributed by atoms with Gasteiger partial charge in [-0.25, -0.2) is 0 Å². The summed E-state index contributed by atoms with van der Waals surface area (Å²) in [6.45, 7) is 1.91. The van der Waals surface area contributed by atoms with Gasteiger partial charge in [0.1, 0.15) is 6.04 Å². The van der Waals surface area contributed by atoms with Crippen LogP contribution in [0, 0.1) is 6.92 Å². The Morgan fingerprint density at radius 2 is 2.05 bits per heavy atom. The van der Waals surface area contributed by atoms with Crippen molar-refractivity contribution in [3.63, 3.8) is 0 Å². The predicted molar refractivity (Wildman–Crippen MR) is 85.9 cm³/mol. The van der Waals surface area contributed by atoms with Crippen LogP contribution in [0.3, 0.4) is 0 Å². The number of carbonyl (C=O) groups is 1. The lowest BCUT2D eigenvalue weighted by Gasteiger charge is -2.18. The molecule has 0 saturated heterocycles. The van der Waals surface area contributed by atoms with Crippen LogP contribution in [0.5, 0.6) is 0 Å². The molecule has 0 bridgehead atoms. The summed E-state index contributed by atoms with van der Waals surface area (Å²) < 4.78 is 0.924. The van der Waals surface area contributed by atoms with Gasteiger partial charge in [0.15, 0.2) is 0 Å². The summed E-state index contributed by atoms with van der Waals surface area (Å²) in [5.74, 6) is -0.454. The van der Waals surface area contributed by atoms with Gasteiger partial charge in [-0.3, -0.25) is 4.79 Å². The van der Waals surface area contributed by atoms with Gasteiger partial charge in [-0.1, -0.05) is 45.7 Å². The fraction of sp³-hybridized carbons (Fsp3) is 0.133. The van der Waals surface area contributed by atoms with E-state index in [1.807, 2.05) is 43.3 Å². The molecule has 20 heavy (non-hydrogen) atoms. The highest BCUT2D eigenvalue weighted by molar-refractivity contribution is 9.10. The number of nitrogens with one attached hydrogen (secondary N) is 1. The second kappa shape index (κ2) is 6.29. The lowest BCUT2D eigenvalue weighted by atomic mass is 10.0. The lowest BCUT2D eigenvalue weighted by molar-refractivity contribution is -0.118.